The Hall–Kier alpha value is -2.14. The zero-order chi connectivity index (χ0) is 13.7. The van der Waals surface area contributed by atoms with Gasteiger partial charge in [-0.05, 0) is 25.2 Å². The molecule has 1 aromatic carbocycles. The van der Waals surface area contributed by atoms with E-state index in [2.05, 4.69) is 10.3 Å². The molecule has 2 rings (SSSR count). The third-order valence-electron chi connectivity index (χ3n) is 2.94. The fourth-order valence-electron chi connectivity index (χ4n) is 1.81. The van der Waals surface area contributed by atoms with E-state index >= 15 is 0 Å². The molecule has 0 atom stereocenters. The number of hydrogen-bond donors (Lipinski definition) is 1. The monoisotopic (exact) mass is 258 g/mol. The summed E-state index contributed by atoms with van der Waals surface area (Å²) in [6, 6.07) is 7.54. The minimum absolute atomic E-state index is 0.0252. The van der Waals surface area contributed by atoms with Crippen LogP contribution in [-0.4, -0.2) is 47.5 Å². The summed E-state index contributed by atoms with van der Waals surface area (Å²) >= 11 is 0. The van der Waals surface area contributed by atoms with Crippen molar-refractivity contribution >= 4 is 5.91 Å². The number of benzene rings is 1. The van der Waals surface area contributed by atoms with Gasteiger partial charge in [-0.15, -0.1) is 0 Å². The van der Waals surface area contributed by atoms with Gasteiger partial charge in [0, 0.05) is 43.8 Å². The number of carbonyl (C=O) groups is 1. The fraction of sp³-hybridized carbons (Fsp3) is 0.286. The van der Waals surface area contributed by atoms with E-state index in [0.29, 0.717) is 12.1 Å². The first kappa shape index (κ1) is 13.3. The first-order chi connectivity index (χ1) is 9.22. The molecule has 0 fully saturated rings. The average Bonchev–Trinajstić information content (AvgIpc) is 2.98. The zero-order valence-corrected chi connectivity index (χ0v) is 11.2. The molecule has 0 bridgehead atoms. The number of likely N-dealkylation sites (N-methyl/N-ethyl adjacent to an activating group) is 2. The number of hydrogen-bond acceptors (Lipinski definition) is 3. The Morgan fingerprint density at radius 2 is 2.32 bits per heavy atom. The topological polar surface area (TPSA) is 50.2 Å². The van der Waals surface area contributed by atoms with Gasteiger partial charge in [-0.3, -0.25) is 4.79 Å². The summed E-state index contributed by atoms with van der Waals surface area (Å²) in [4.78, 5) is 18.0. The summed E-state index contributed by atoms with van der Waals surface area (Å²) in [6.07, 6.45) is 5.29. The number of rotatable bonds is 5. The molecule has 0 aliphatic rings. The summed E-state index contributed by atoms with van der Waals surface area (Å²) in [5.74, 6) is 0.0252. The lowest BCUT2D eigenvalue weighted by Gasteiger charge is -2.17. The van der Waals surface area contributed by atoms with Crippen LogP contribution in [0.2, 0.25) is 0 Å². The molecule has 0 aliphatic carbocycles. The van der Waals surface area contributed by atoms with Crippen LogP contribution in [0.25, 0.3) is 5.69 Å². The van der Waals surface area contributed by atoms with E-state index in [1.807, 2.05) is 49.1 Å². The second-order valence-electron chi connectivity index (χ2n) is 4.35. The third-order valence-corrected chi connectivity index (χ3v) is 2.94. The highest BCUT2D eigenvalue weighted by molar-refractivity contribution is 5.94. The van der Waals surface area contributed by atoms with Crippen LogP contribution in [0.15, 0.2) is 43.0 Å². The first-order valence-corrected chi connectivity index (χ1v) is 6.21. The van der Waals surface area contributed by atoms with Crippen molar-refractivity contribution < 1.29 is 4.79 Å². The largest absolute Gasteiger partial charge is 0.340 e. The fourth-order valence-corrected chi connectivity index (χ4v) is 1.81. The summed E-state index contributed by atoms with van der Waals surface area (Å²) in [6.45, 7) is 1.47. The van der Waals surface area contributed by atoms with Crippen LogP contribution in [0.1, 0.15) is 10.4 Å². The van der Waals surface area contributed by atoms with Gasteiger partial charge in [0.05, 0.1) is 6.33 Å². The van der Waals surface area contributed by atoms with E-state index in [1.165, 1.54) is 0 Å². The molecule has 0 unspecified atom stereocenters. The van der Waals surface area contributed by atoms with Crippen LogP contribution < -0.4 is 5.32 Å². The molecule has 0 spiro atoms. The highest BCUT2D eigenvalue weighted by Crippen LogP contribution is 2.11. The molecule has 100 valence electrons. The van der Waals surface area contributed by atoms with Crippen LogP contribution in [0, 0.1) is 0 Å². The summed E-state index contributed by atoms with van der Waals surface area (Å²) < 4.78 is 1.88. The number of imidazole rings is 1. The van der Waals surface area contributed by atoms with Gasteiger partial charge in [-0.25, -0.2) is 4.98 Å². The van der Waals surface area contributed by atoms with E-state index in [-0.39, 0.29) is 5.91 Å². The number of nitrogens with one attached hydrogen (secondary N) is 1. The Morgan fingerprint density at radius 3 is 3.00 bits per heavy atom. The van der Waals surface area contributed by atoms with E-state index in [4.69, 9.17) is 0 Å². The van der Waals surface area contributed by atoms with Crippen LogP contribution in [0.3, 0.4) is 0 Å². The van der Waals surface area contributed by atoms with Crippen LogP contribution in [-0.2, 0) is 0 Å². The summed E-state index contributed by atoms with van der Waals surface area (Å²) in [5.41, 5.74) is 1.62. The number of amides is 1. The van der Waals surface area contributed by atoms with Crippen molar-refractivity contribution in [3.05, 3.63) is 48.5 Å². The molecule has 5 nitrogen and oxygen atoms in total. The molecule has 1 heterocycles. The van der Waals surface area contributed by atoms with Gasteiger partial charge in [-0.2, -0.15) is 0 Å². The maximum Gasteiger partial charge on any atom is 0.253 e. The molecule has 0 aliphatic heterocycles. The van der Waals surface area contributed by atoms with Gasteiger partial charge in [0.25, 0.3) is 5.91 Å². The molecule has 2 aromatic rings. The van der Waals surface area contributed by atoms with Gasteiger partial charge < -0.3 is 14.8 Å². The van der Waals surface area contributed by atoms with Gasteiger partial charge in [0.2, 0.25) is 0 Å². The van der Waals surface area contributed by atoms with Crippen molar-refractivity contribution in [2.75, 3.05) is 27.2 Å². The normalized spacial score (nSPS) is 10.4. The molecule has 0 saturated carbocycles. The molecule has 1 aromatic heterocycles. The van der Waals surface area contributed by atoms with Crippen molar-refractivity contribution in [2.45, 2.75) is 0 Å². The second kappa shape index (κ2) is 6.15. The molecule has 5 heteroatoms. The van der Waals surface area contributed by atoms with Gasteiger partial charge in [-0.1, -0.05) is 6.07 Å². The maximum atomic E-state index is 12.2. The Labute approximate surface area is 112 Å². The molecule has 1 amide bonds. The van der Waals surface area contributed by atoms with Crippen molar-refractivity contribution in [2.24, 2.45) is 0 Å². The lowest BCUT2D eigenvalue weighted by atomic mass is 10.1. The maximum absolute atomic E-state index is 12.2. The number of aromatic nitrogens is 2. The lowest BCUT2D eigenvalue weighted by Crippen LogP contribution is -2.32. The molecular weight excluding hydrogens is 240 g/mol. The second-order valence-corrected chi connectivity index (χ2v) is 4.35. The molecule has 0 radical (unpaired) electrons. The predicted molar refractivity (Wildman–Crippen MR) is 74.5 cm³/mol. The van der Waals surface area contributed by atoms with Crippen molar-refractivity contribution in [3.8, 4) is 5.69 Å². The molecule has 19 heavy (non-hydrogen) atoms. The predicted octanol–water partition coefficient (Wildman–Crippen LogP) is 1.16. The van der Waals surface area contributed by atoms with Crippen LogP contribution in [0.5, 0.6) is 0 Å². The molecule has 0 saturated heterocycles. The van der Waals surface area contributed by atoms with E-state index < -0.39 is 0 Å². The van der Waals surface area contributed by atoms with Crippen LogP contribution >= 0.6 is 0 Å². The Kier molecular flexibility index (Phi) is 4.30. The van der Waals surface area contributed by atoms with E-state index in [0.717, 1.165) is 12.2 Å². The minimum atomic E-state index is 0.0252. The van der Waals surface area contributed by atoms with Gasteiger partial charge in [0.1, 0.15) is 0 Å². The first-order valence-electron chi connectivity index (χ1n) is 6.21. The smallest absolute Gasteiger partial charge is 0.253 e. The van der Waals surface area contributed by atoms with Crippen LogP contribution in [0.4, 0.5) is 0 Å². The Morgan fingerprint density at radius 1 is 1.47 bits per heavy atom. The molecular formula is C14H18N4O. The third kappa shape index (κ3) is 3.20. The average molecular weight is 258 g/mol. The van der Waals surface area contributed by atoms with E-state index in [1.54, 1.807) is 17.4 Å². The number of nitrogens with zero attached hydrogens (tertiary/aromatic N) is 3. The summed E-state index contributed by atoms with van der Waals surface area (Å²) in [7, 11) is 3.68. The standard InChI is InChI=1S/C14H18N4O/c1-15-6-8-17(2)14(19)12-4-3-5-13(10-12)18-9-7-16-11-18/h3-5,7,9-11,15H,6,8H2,1-2H3. The van der Waals surface area contributed by atoms with Gasteiger partial charge >= 0.3 is 0 Å². The highest BCUT2D eigenvalue weighted by atomic mass is 16.2. The highest BCUT2D eigenvalue weighted by Gasteiger charge is 2.11. The van der Waals surface area contributed by atoms with Crippen molar-refractivity contribution in [3.63, 3.8) is 0 Å². The Bertz CT molecular complexity index is 536. The van der Waals surface area contributed by atoms with Gasteiger partial charge in [0.15, 0.2) is 0 Å². The number of carbonyl (C=O) groups excluding carboxylic acids is 1. The van der Waals surface area contributed by atoms with Crippen molar-refractivity contribution in [1.82, 2.24) is 19.8 Å². The quantitative estimate of drug-likeness (QED) is 0.875. The van der Waals surface area contributed by atoms with Crippen molar-refractivity contribution in [1.29, 1.82) is 0 Å². The minimum Gasteiger partial charge on any atom is -0.340 e. The van der Waals surface area contributed by atoms with E-state index in [9.17, 15) is 4.79 Å². The zero-order valence-electron chi connectivity index (χ0n) is 11.2. The molecule has 1 N–H and O–H groups in total. The SMILES string of the molecule is CNCCN(C)C(=O)c1cccc(-n2ccnc2)c1. The Balaban J connectivity index is 2.17. The summed E-state index contributed by atoms with van der Waals surface area (Å²) in [5, 5.41) is 3.03. The lowest BCUT2D eigenvalue weighted by molar-refractivity contribution is 0.0797.